The Bertz CT molecular complexity index is 222. The predicted molar refractivity (Wildman–Crippen MR) is 71.7 cm³/mol. The van der Waals surface area contributed by atoms with Crippen molar-refractivity contribution < 1.29 is 4.79 Å². The topological polar surface area (TPSA) is 46.3 Å². The van der Waals surface area contributed by atoms with Crippen LogP contribution in [0, 0.1) is 11.8 Å². The summed E-state index contributed by atoms with van der Waals surface area (Å²) in [5.41, 5.74) is 5.48. The highest BCUT2D eigenvalue weighted by Crippen LogP contribution is 2.23. The maximum Gasteiger partial charge on any atom is 0.225 e. The molecule has 100 valence electrons. The van der Waals surface area contributed by atoms with E-state index in [0.717, 1.165) is 31.8 Å². The fourth-order valence-electron chi connectivity index (χ4n) is 2.71. The van der Waals surface area contributed by atoms with Gasteiger partial charge in [-0.15, -0.1) is 0 Å². The van der Waals surface area contributed by atoms with E-state index in [9.17, 15) is 4.79 Å². The van der Waals surface area contributed by atoms with Crippen molar-refractivity contribution in [3.63, 3.8) is 0 Å². The summed E-state index contributed by atoms with van der Waals surface area (Å²) in [6, 6.07) is 0. The predicted octanol–water partition coefficient (Wildman–Crippen LogP) is 2.40. The molecule has 0 spiro atoms. The Morgan fingerprint density at radius 2 is 2.06 bits per heavy atom. The Labute approximate surface area is 106 Å². The molecule has 0 radical (unpaired) electrons. The summed E-state index contributed by atoms with van der Waals surface area (Å²) in [6.45, 7) is 6.91. The Hall–Kier alpha value is -0.570. The van der Waals surface area contributed by atoms with Gasteiger partial charge in [-0.25, -0.2) is 0 Å². The Balaban J connectivity index is 2.30. The van der Waals surface area contributed by atoms with Gasteiger partial charge in [0.1, 0.15) is 0 Å². The summed E-state index contributed by atoms with van der Waals surface area (Å²) in [6.07, 6.45) is 6.88. The van der Waals surface area contributed by atoms with Crippen LogP contribution in [-0.4, -0.2) is 30.4 Å². The van der Waals surface area contributed by atoms with Gasteiger partial charge in [-0.1, -0.05) is 26.7 Å². The van der Waals surface area contributed by atoms with Crippen LogP contribution in [0.1, 0.15) is 52.4 Å². The minimum Gasteiger partial charge on any atom is -0.342 e. The molecule has 1 aliphatic heterocycles. The lowest BCUT2D eigenvalue weighted by Gasteiger charge is -2.33. The van der Waals surface area contributed by atoms with E-state index >= 15 is 0 Å². The van der Waals surface area contributed by atoms with Crippen molar-refractivity contribution in [1.82, 2.24) is 4.90 Å². The van der Waals surface area contributed by atoms with Crippen molar-refractivity contribution >= 4 is 5.91 Å². The molecule has 0 aromatic rings. The first-order valence-corrected chi connectivity index (χ1v) is 7.17. The number of rotatable bonds is 6. The maximum atomic E-state index is 12.2. The molecule has 0 aliphatic carbocycles. The number of carbonyl (C=O) groups is 1. The first kappa shape index (κ1) is 14.5. The highest BCUT2D eigenvalue weighted by atomic mass is 16.2. The minimum atomic E-state index is 0.154. The number of nitrogens with two attached hydrogens (primary N) is 1. The number of piperidine rings is 1. The molecule has 1 heterocycles. The quantitative estimate of drug-likeness (QED) is 0.775. The van der Waals surface area contributed by atoms with E-state index < -0.39 is 0 Å². The molecule has 0 aromatic carbocycles. The third-order valence-electron chi connectivity index (χ3n) is 3.89. The largest absolute Gasteiger partial charge is 0.342 e. The lowest BCUT2D eigenvalue weighted by molar-refractivity contribution is -0.136. The third kappa shape index (κ3) is 4.66. The van der Waals surface area contributed by atoms with Crippen LogP contribution >= 0.6 is 0 Å². The van der Waals surface area contributed by atoms with Crippen LogP contribution in [0.25, 0.3) is 0 Å². The molecule has 0 bridgehead atoms. The zero-order valence-electron chi connectivity index (χ0n) is 11.5. The second-order valence-corrected chi connectivity index (χ2v) is 5.39. The van der Waals surface area contributed by atoms with Crippen LogP contribution in [0.5, 0.6) is 0 Å². The van der Waals surface area contributed by atoms with Gasteiger partial charge in [-0.05, 0) is 38.1 Å². The smallest absolute Gasteiger partial charge is 0.225 e. The number of amides is 1. The molecule has 1 rings (SSSR count). The molecule has 1 saturated heterocycles. The molecular formula is C14H28N2O. The highest BCUT2D eigenvalue weighted by molar-refractivity contribution is 5.78. The molecule has 1 aliphatic rings. The van der Waals surface area contributed by atoms with Crippen LogP contribution in [0.4, 0.5) is 0 Å². The molecule has 2 N–H and O–H groups in total. The summed E-state index contributed by atoms with van der Waals surface area (Å²) in [5.74, 6) is 1.35. The number of hydrogen-bond acceptors (Lipinski definition) is 2. The van der Waals surface area contributed by atoms with Gasteiger partial charge in [0.25, 0.3) is 0 Å². The summed E-state index contributed by atoms with van der Waals surface area (Å²) in [5, 5.41) is 0. The van der Waals surface area contributed by atoms with Crippen molar-refractivity contribution in [2.24, 2.45) is 17.6 Å². The van der Waals surface area contributed by atoms with Crippen molar-refractivity contribution in [3.05, 3.63) is 0 Å². The van der Waals surface area contributed by atoms with Crippen LogP contribution in [-0.2, 0) is 4.79 Å². The fourth-order valence-corrected chi connectivity index (χ4v) is 2.71. The Morgan fingerprint density at radius 1 is 1.41 bits per heavy atom. The van der Waals surface area contributed by atoms with Crippen LogP contribution in [0.3, 0.4) is 0 Å². The first-order chi connectivity index (χ1) is 8.19. The van der Waals surface area contributed by atoms with Crippen molar-refractivity contribution in [2.45, 2.75) is 52.4 Å². The molecule has 17 heavy (non-hydrogen) atoms. The first-order valence-electron chi connectivity index (χ1n) is 7.17. The number of hydrogen-bond donors (Lipinski definition) is 1. The molecule has 1 amide bonds. The van der Waals surface area contributed by atoms with Crippen molar-refractivity contribution in [3.8, 4) is 0 Å². The molecule has 3 heteroatoms. The van der Waals surface area contributed by atoms with Gasteiger partial charge in [0.05, 0.1) is 0 Å². The molecule has 3 nitrogen and oxygen atoms in total. The van der Waals surface area contributed by atoms with E-state index in [1.165, 1.54) is 25.7 Å². The summed E-state index contributed by atoms with van der Waals surface area (Å²) in [4.78, 5) is 14.2. The maximum absolute atomic E-state index is 12.2. The standard InChI is InChI=1S/C14H28N2O/c1-3-5-13-7-10-16(11-8-13)14(17)12(2)6-4-9-15/h12-13H,3-11,15H2,1-2H3. The summed E-state index contributed by atoms with van der Waals surface area (Å²) < 4.78 is 0. The normalized spacial score (nSPS) is 19.4. The second-order valence-electron chi connectivity index (χ2n) is 5.39. The van der Waals surface area contributed by atoms with Crippen LogP contribution < -0.4 is 5.73 Å². The molecule has 0 saturated carbocycles. The SMILES string of the molecule is CCCC1CCN(C(=O)C(C)CCCN)CC1. The Kier molecular flexibility index (Phi) is 6.56. The van der Waals surface area contributed by atoms with Gasteiger partial charge in [-0.3, -0.25) is 4.79 Å². The third-order valence-corrected chi connectivity index (χ3v) is 3.89. The van der Waals surface area contributed by atoms with Crippen molar-refractivity contribution in [2.75, 3.05) is 19.6 Å². The van der Waals surface area contributed by atoms with Gasteiger partial charge >= 0.3 is 0 Å². The average Bonchev–Trinajstić information content (AvgIpc) is 2.36. The van der Waals surface area contributed by atoms with E-state index in [0.29, 0.717) is 12.5 Å². The minimum absolute atomic E-state index is 0.154. The van der Waals surface area contributed by atoms with E-state index in [1.807, 2.05) is 6.92 Å². The van der Waals surface area contributed by atoms with E-state index in [2.05, 4.69) is 11.8 Å². The fraction of sp³-hybridized carbons (Fsp3) is 0.929. The summed E-state index contributed by atoms with van der Waals surface area (Å²) in [7, 11) is 0. The van der Waals surface area contributed by atoms with Gasteiger partial charge in [-0.2, -0.15) is 0 Å². The zero-order chi connectivity index (χ0) is 12.7. The molecule has 1 fully saturated rings. The van der Waals surface area contributed by atoms with Crippen molar-refractivity contribution in [1.29, 1.82) is 0 Å². The number of carbonyl (C=O) groups excluding carboxylic acids is 1. The monoisotopic (exact) mass is 240 g/mol. The number of nitrogens with zero attached hydrogens (tertiary/aromatic N) is 1. The van der Waals surface area contributed by atoms with Gasteiger partial charge in [0, 0.05) is 19.0 Å². The molecule has 1 unspecified atom stereocenters. The van der Waals surface area contributed by atoms with E-state index in [1.54, 1.807) is 0 Å². The lowest BCUT2D eigenvalue weighted by Crippen LogP contribution is -2.41. The second kappa shape index (κ2) is 7.70. The lowest BCUT2D eigenvalue weighted by atomic mass is 9.91. The Morgan fingerprint density at radius 3 is 2.59 bits per heavy atom. The molecular weight excluding hydrogens is 212 g/mol. The van der Waals surface area contributed by atoms with Gasteiger partial charge in [0.15, 0.2) is 0 Å². The average molecular weight is 240 g/mol. The highest BCUT2D eigenvalue weighted by Gasteiger charge is 2.25. The molecule has 0 aromatic heterocycles. The van der Waals surface area contributed by atoms with Gasteiger partial charge in [0.2, 0.25) is 5.91 Å². The molecule has 1 atom stereocenters. The summed E-state index contributed by atoms with van der Waals surface area (Å²) >= 11 is 0. The van der Waals surface area contributed by atoms with E-state index in [-0.39, 0.29) is 5.92 Å². The van der Waals surface area contributed by atoms with Crippen LogP contribution in [0.15, 0.2) is 0 Å². The van der Waals surface area contributed by atoms with Crippen LogP contribution in [0.2, 0.25) is 0 Å². The van der Waals surface area contributed by atoms with E-state index in [4.69, 9.17) is 5.73 Å². The number of likely N-dealkylation sites (tertiary alicyclic amines) is 1. The zero-order valence-corrected chi connectivity index (χ0v) is 11.5. The van der Waals surface area contributed by atoms with Gasteiger partial charge < -0.3 is 10.6 Å².